The molecular weight excluding hydrogens is 341 g/mol. The maximum absolute atomic E-state index is 13.2. The molecule has 2 fully saturated rings. The second-order valence-corrected chi connectivity index (χ2v) is 6.73. The molecule has 0 aromatic heterocycles. The highest BCUT2D eigenvalue weighted by atomic mass is 19.1. The first kappa shape index (κ1) is 18.3. The second-order valence-electron chi connectivity index (χ2n) is 6.73. The largest absolute Gasteiger partial charge is 0.381 e. The van der Waals surface area contributed by atoms with E-state index in [1.165, 1.54) is 12.1 Å². The molecule has 2 aliphatic heterocycles. The third-order valence-electron chi connectivity index (χ3n) is 5.05. The van der Waals surface area contributed by atoms with E-state index in [0.29, 0.717) is 19.8 Å². The molecule has 1 atom stereocenters. The van der Waals surface area contributed by atoms with Crippen LogP contribution in [0.2, 0.25) is 0 Å². The van der Waals surface area contributed by atoms with Crippen molar-refractivity contribution in [3.8, 4) is 0 Å². The molecule has 140 valence electrons. The summed E-state index contributed by atoms with van der Waals surface area (Å²) in [6.45, 7) is 1.59. The molecule has 2 heterocycles. The molecule has 2 saturated heterocycles. The van der Waals surface area contributed by atoms with Crippen molar-refractivity contribution < 1.29 is 23.5 Å². The standard InChI is InChI=1S/C18H22FN3O4/c19-13-3-1-12(2-4-13)18(7-9-26-10-8-18)11-20-15(23)6-5-14-16(24)22-17(25)21-14/h1-4,14H,5-11H2,(H,20,23)(H2,21,22,24,25)/t14-/m0/s1. The number of amides is 4. The average molecular weight is 363 g/mol. The molecule has 0 unspecified atom stereocenters. The lowest BCUT2D eigenvalue weighted by molar-refractivity contribution is -0.122. The van der Waals surface area contributed by atoms with Gasteiger partial charge in [0.15, 0.2) is 0 Å². The van der Waals surface area contributed by atoms with Gasteiger partial charge in [0.2, 0.25) is 5.91 Å². The summed E-state index contributed by atoms with van der Waals surface area (Å²) < 4.78 is 18.7. The Labute approximate surface area is 150 Å². The highest BCUT2D eigenvalue weighted by Crippen LogP contribution is 2.34. The van der Waals surface area contributed by atoms with Crippen LogP contribution < -0.4 is 16.0 Å². The van der Waals surface area contributed by atoms with Crippen LogP contribution >= 0.6 is 0 Å². The summed E-state index contributed by atoms with van der Waals surface area (Å²) in [7, 11) is 0. The van der Waals surface area contributed by atoms with Crippen LogP contribution in [-0.2, 0) is 19.7 Å². The summed E-state index contributed by atoms with van der Waals surface area (Å²) in [6.07, 6.45) is 1.85. The topological polar surface area (TPSA) is 96.5 Å². The van der Waals surface area contributed by atoms with Crippen LogP contribution in [-0.4, -0.2) is 43.6 Å². The van der Waals surface area contributed by atoms with Gasteiger partial charge in [-0.15, -0.1) is 0 Å². The minimum Gasteiger partial charge on any atom is -0.381 e. The van der Waals surface area contributed by atoms with E-state index in [1.807, 2.05) is 0 Å². The highest BCUT2D eigenvalue weighted by molar-refractivity contribution is 6.04. The van der Waals surface area contributed by atoms with E-state index < -0.39 is 18.0 Å². The molecule has 26 heavy (non-hydrogen) atoms. The monoisotopic (exact) mass is 363 g/mol. The average Bonchev–Trinajstić information content (AvgIpc) is 2.97. The number of halogens is 1. The van der Waals surface area contributed by atoms with Gasteiger partial charge in [-0.25, -0.2) is 9.18 Å². The van der Waals surface area contributed by atoms with Crippen LogP contribution in [0.15, 0.2) is 24.3 Å². The lowest BCUT2D eigenvalue weighted by atomic mass is 9.74. The Morgan fingerprint density at radius 1 is 1.23 bits per heavy atom. The predicted molar refractivity (Wildman–Crippen MR) is 90.8 cm³/mol. The zero-order chi connectivity index (χ0) is 18.6. The molecule has 8 heteroatoms. The minimum atomic E-state index is -0.664. The number of rotatable bonds is 6. The quantitative estimate of drug-likeness (QED) is 0.657. The molecule has 3 N–H and O–H groups in total. The maximum atomic E-state index is 13.2. The normalized spacial score (nSPS) is 21.8. The van der Waals surface area contributed by atoms with Gasteiger partial charge < -0.3 is 15.4 Å². The SMILES string of the molecule is O=C(CC[C@@H]1NC(=O)NC1=O)NCC1(c2ccc(F)cc2)CCOCC1. The summed E-state index contributed by atoms with van der Waals surface area (Å²) in [4.78, 5) is 34.8. The van der Waals surface area contributed by atoms with E-state index in [-0.39, 0.29) is 30.0 Å². The van der Waals surface area contributed by atoms with Gasteiger partial charge in [-0.05, 0) is 37.0 Å². The second kappa shape index (κ2) is 7.82. The number of imide groups is 1. The van der Waals surface area contributed by atoms with E-state index >= 15 is 0 Å². The van der Waals surface area contributed by atoms with Gasteiger partial charge in [0, 0.05) is 31.6 Å². The predicted octanol–water partition coefficient (Wildman–Crippen LogP) is 0.978. The van der Waals surface area contributed by atoms with Crippen LogP contribution in [0.3, 0.4) is 0 Å². The van der Waals surface area contributed by atoms with Crippen LogP contribution in [0.4, 0.5) is 9.18 Å². The number of carbonyl (C=O) groups is 3. The summed E-state index contributed by atoms with van der Waals surface area (Å²) >= 11 is 0. The third-order valence-corrected chi connectivity index (χ3v) is 5.05. The first-order valence-corrected chi connectivity index (χ1v) is 8.70. The summed E-state index contributed by atoms with van der Waals surface area (Å²) in [5, 5.41) is 7.54. The smallest absolute Gasteiger partial charge is 0.322 e. The van der Waals surface area contributed by atoms with Gasteiger partial charge in [-0.3, -0.25) is 14.9 Å². The molecule has 0 saturated carbocycles. The van der Waals surface area contributed by atoms with Crippen LogP contribution in [0.5, 0.6) is 0 Å². The van der Waals surface area contributed by atoms with Gasteiger partial charge >= 0.3 is 6.03 Å². The molecule has 3 rings (SSSR count). The Morgan fingerprint density at radius 3 is 2.54 bits per heavy atom. The molecule has 0 spiro atoms. The summed E-state index contributed by atoms with van der Waals surface area (Å²) in [5.74, 6) is -0.890. The summed E-state index contributed by atoms with van der Waals surface area (Å²) in [5.41, 5.74) is 0.686. The molecule has 4 amide bonds. The fraction of sp³-hybridized carbons (Fsp3) is 0.500. The number of nitrogens with one attached hydrogen (secondary N) is 3. The lowest BCUT2D eigenvalue weighted by Crippen LogP contribution is -2.45. The minimum absolute atomic E-state index is 0.133. The number of ether oxygens (including phenoxy) is 1. The van der Waals surface area contributed by atoms with Crippen LogP contribution in [0.1, 0.15) is 31.2 Å². The van der Waals surface area contributed by atoms with Crippen molar-refractivity contribution in [3.63, 3.8) is 0 Å². The van der Waals surface area contributed by atoms with E-state index in [0.717, 1.165) is 18.4 Å². The van der Waals surface area contributed by atoms with Crippen LogP contribution in [0.25, 0.3) is 0 Å². The van der Waals surface area contributed by atoms with Gasteiger partial charge in [0.25, 0.3) is 5.91 Å². The van der Waals surface area contributed by atoms with Gasteiger partial charge in [0.05, 0.1) is 0 Å². The van der Waals surface area contributed by atoms with Crippen molar-refractivity contribution in [1.29, 1.82) is 0 Å². The molecule has 0 bridgehead atoms. The lowest BCUT2D eigenvalue weighted by Gasteiger charge is -2.38. The third kappa shape index (κ3) is 4.19. The number of benzene rings is 1. The zero-order valence-electron chi connectivity index (χ0n) is 14.3. The molecule has 2 aliphatic rings. The van der Waals surface area contributed by atoms with Crippen molar-refractivity contribution >= 4 is 17.8 Å². The summed E-state index contributed by atoms with van der Waals surface area (Å²) in [6, 6.07) is 5.17. The Bertz CT molecular complexity index is 686. The molecule has 0 radical (unpaired) electrons. The first-order chi connectivity index (χ1) is 12.5. The van der Waals surface area contributed by atoms with Crippen molar-refractivity contribution in [3.05, 3.63) is 35.6 Å². The Morgan fingerprint density at radius 2 is 1.92 bits per heavy atom. The molecule has 1 aromatic rings. The van der Waals surface area contributed by atoms with E-state index in [4.69, 9.17) is 4.74 Å². The van der Waals surface area contributed by atoms with E-state index in [9.17, 15) is 18.8 Å². The highest BCUT2D eigenvalue weighted by Gasteiger charge is 2.35. The van der Waals surface area contributed by atoms with Gasteiger partial charge in [-0.2, -0.15) is 0 Å². The van der Waals surface area contributed by atoms with Crippen molar-refractivity contribution in [2.75, 3.05) is 19.8 Å². The number of urea groups is 1. The van der Waals surface area contributed by atoms with Gasteiger partial charge in [0.1, 0.15) is 11.9 Å². The van der Waals surface area contributed by atoms with Crippen molar-refractivity contribution in [2.45, 2.75) is 37.1 Å². The maximum Gasteiger partial charge on any atom is 0.322 e. The fourth-order valence-corrected chi connectivity index (χ4v) is 3.43. The Balaban J connectivity index is 1.57. The number of hydrogen-bond donors (Lipinski definition) is 3. The van der Waals surface area contributed by atoms with E-state index in [2.05, 4.69) is 16.0 Å². The molecule has 0 aliphatic carbocycles. The number of hydrogen-bond acceptors (Lipinski definition) is 4. The van der Waals surface area contributed by atoms with Gasteiger partial charge in [-0.1, -0.05) is 12.1 Å². The van der Waals surface area contributed by atoms with Crippen molar-refractivity contribution in [2.24, 2.45) is 0 Å². The zero-order valence-corrected chi connectivity index (χ0v) is 14.3. The fourth-order valence-electron chi connectivity index (χ4n) is 3.43. The molecular formula is C18H22FN3O4. The number of carbonyl (C=O) groups excluding carboxylic acids is 3. The molecule has 7 nitrogen and oxygen atoms in total. The van der Waals surface area contributed by atoms with Crippen molar-refractivity contribution in [1.82, 2.24) is 16.0 Å². The molecule has 1 aromatic carbocycles. The van der Waals surface area contributed by atoms with E-state index in [1.54, 1.807) is 12.1 Å². The first-order valence-electron chi connectivity index (χ1n) is 8.70. The van der Waals surface area contributed by atoms with Crippen LogP contribution in [0, 0.1) is 5.82 Å². The Hall–Kier alpha value is -2.48. The Kier molecular flexibility index (Phi) is 5.51.